The van der Waals surface area contributed by atoms with Crippen molar-refractivity contribution in [3.63, 3.8) is 0 Å². The summed E-state index contributed by atoms with van der Waals surface area (Å²) < 4.78 is 14.2. The first-order valence-corrected chi connectivity index (χ1v) is 10.0. The van der Waals surface area contributed by atoms with E-state index in [1.54, 1.807) is 18.5 Å². The van der Waals surface area contributed by atoms with Crippen LogP contribution < -0.4 is 5.32 Å². The minimum absolute atomic E-state index is 0.200. The van der Waals surface area contributed by atoms with Crippen molar-refractivity contribution in [1.29, 1.82) is 0 Å². The van der Waals surface area contributed by atoms with E-state index in [2.05, 4.69) is 15.3 Å². The van der Waals surface area contributed by atoms with Crippen LogP contribution in [-0.4, -0.2) is 21.5 Å². The number of hydrogen-bond acceptors (Lipinski definition) is 4. The molecule has 0 spiro atoms. The van der Waals surface area contributed by atoms with Gasteiger partial charge in [-0.3, -0.25) is 4.98 Å². The molecule has 0 aliphatic heterocycles. The van der Waals surface area contributed by atoms with Crippen LogP contribution in [0.15, 0.2) is 54.9 Å². The van der Waals surface area contributed by atoms with Gasteiger partial charge < -0.3 is 5.32 Å². The molecule has 3 aromatic rings. The van der Waals surface area contributed by atoms with Gasteiger partial charge in [0.1, 0.15) is 17.3 Å². The molecule has 1 fully saturated rings. The summed E-state index contributed by atoms with van der Waals surface area (Å²) in [4.78, 5) is 13.6. The van der Waals surface area contributed by atoms with Gasteiger partial charge in [0.15, 0.2) is 5.82 Å². The molecule has 1 aliphatic rings. The number of pyridine rings is 1. The molecule has 0 radical (unpaired) electrons. The maximum absolute atomic E-state index is 14.2. The van der Waals surface area contributed by atoms with E-state index < -0.39 is 0 Å². The number of aromatic nitrogens is 3. The number of rotatable bonds is 6. The minimum atomic E-state index is -0.200. The smallest absolute Gasteiger partial charge is 0.180 e. The highest BCUT2D eigenvalue weighted by molar-refractivity contribution is 5.55. The Labute approximate surface area is 165 Å². The fraction of sp³-hybridized carbons (Fsp3) is 0.348. The fourth-order valence-corrected chi connectivity index (χ4v) is 3.79. The summed E-state index contributed by atoms with van der Waals surface area (Å²) in [7, 11) is 0. The molecule has 2 aromatic heterocycles. The van der Waals surface area contributed by atoms with Gasteiger partial charge in [0.05, 0.1) is 0 Å². The Morgan fingerprint density at radius 3 is 2.54 bits per heavy atom. The lowest BCUT2D eigenvalue weighted by molar-refractivity contribution is 0.373. The Bertz CT molecular complexity index is 907. The quantitative estimate of drug-likeness (QED) is 0.637. The summed E-state index contributed by atoms with van der Waals surface area (Å²) in [6, 6.07) is 12.6. The third-order valence-electron chi connectivity index (χ3n) is 5.38. The molecular weight excluding hydrogens is 351 g/mol. The molecule has 4 rings (SSSR count). The van der Waals surface area contributed by atoms with Crippen molar-refractivity contribution in [2.24, 2.45) is 5.92 Å². The molecule has 1 aliphatic carbocycles. The predicted molar refractivity (Wildman–Crippen MR) is 110 cm³/mol. The van der Waals surface area contributed by atoms with Crippen LogP contribution in [0.25, 0.3) is 11.5 Å². The average molecular weight is 376 g/mol. The van der Waals surface area contributed by atoms with Gasteiger partial charge in [0, 0.05) is 30.9 Å². The van der Waals surface area contributed by atoms with Crippen molar-refractivity contribution in [3.8, 4) is 11.5 Å². The Morgan fingerprint density at radius 1 is 0.929 bits per heavy atom. The maximum Gasteiger partial charge on any atom is 0.180 e. The molecule has 0 atom stereocenters. The molecule has 4 nitrogen and oxygen atoms in total. The third kappa shape index (κ3) is 4.53. The SMILES string of the molecule is Fc1ccccc1Cc1cnc(-c2ccccn2)nc1NCC1CCCCC1. The maximum atomic E-state index is 14.2. The van der Waals surface area contributed by atoms with E-state index in [0.717, 1.165) is 23.6 Å². The zero-order valence-corrected chi connectivity index (χ0v) is 15.9. The van der Waals surface area contributed by atoms with Crippen LogP contribution in [-0.2, 0) is 6.42 Å². The van der Waals surface area contributed by atoms with E-state index in [-0.39, 0.29) is 5.82 Å². The number of nitrogens with zero attached hydrogens (tertiary/aromatic N) is 3. The van der Waals surface area contributed by atoms with Gasteiger partial charge in [0.2, 0.25) is 0 Å². The van der Waals surface area contributed by atoms with E-state index >= 15 is 0 Å². The largest absolute Gasteiger partial charge is 0.369 e. The van der Waals surface area contributed by atoms with Crippen LogP contribution in [0, 0.1) is 11.7 Å². The van der Waals surface area contributed by atoms with Crippen molar-refractivity contribution in [3.05, 3.63) is 71.8 Å². The van der Waals surface area contributed by atoms with Crippen molar-refractivity contribution < 1.29 is 4.39 Å². The molecule has 2 heterocycles. The van der Waals surface area contributed by atoms with Gasteiger partial charge in [0.25, 0.3) is 0 Å². The summed E-state index contributed by atoms with van der Waals surface area (Å²) in [6.07, 6.45) is 10.5. The highest BCUT2D eigenvalue weighted by Crippen LogP contribution is 2.26. The highest BCUT2D eigenvalue weighted by atomic mass is 19.1. The molecule has 0 unspecified atom stereocenters. The molecule has 0 amide bonds. The van der Waals surface area contributed by atoms with Crippen molar-refractivity contribution in [2.45, 2.75) is 38.5 Å². The van der Waals surface area contributed by atoms with Crippen LogP contribution >= 0.6 is 0 Å². The van der Waals surface area contributed by atoms with E-state index in [0.29, 0.717) is 23.7 Å². The molecular formula is C23H25FN4. The monoisotopic (exact) mass is 376 g/mol. The molecule has 5 heteroatoms. The first-order valence-electron chi connectivity index (χ1n) is 10.0. The van der Waals surface area contributed by atoms with Gasteiger partial charge in [-0.1, -0.05) is 43.5 Å². The first-order chi connectivity index (χ1) is 13.8. The predicted octanol–water partition coefficient (Wildman–Crippen LogP) is 5.26. The molecule has 144 valence electrons. The van der Waals surface area contributed by atoms with Gasteiger partial charge in [-0.05, 0) is 42.5 Å². The van der Waals surface area contributed by atoms with Crippen LogP contribution in [0.5, 0.6) is 0 Å². The van der Waals surface area contributed by atoms with Crippen LogP contribution in [0.3, 0.4) is 0 Å². The second-order valence-corrected chi connectivity index (χ2v) is 7.44. The Morgan fingerprint density at radius 2 is 1.75 bits per heavy atom. The molecule has 1 aromatic carbocycles. The fourth-order valence-electron chi connectivity index (χ4n) is 3.79. The van der Waals surface area contributed by atoms with Crippen molar-refractivity contribution in [2.75, 3.05) is 11.9 Å². The molecule has 1 N–H and O–H groups in total. The topological polar surface area (TPSA) is 50.7 Å². The molecule has 0 saturated heterocycles. The standard InChI is InChI=1S/C23H25FN4/c24-20-11-5-4-10-18(20)14-19-16-27-23(21-12-6-7-13-25-21)28-22(19)26-15-17-8-2-1-3-9-17/h4-7,10-13,16-17H,1-3,8-9,14-15H2,(H,26,27,28). The van der Waals surface area contributed by atoms with E-state index in [1.165, 1.54) is 38.2 Å². The Hall–Kier alpha value is -2.82. The third-order valence-corrected chi connectivity index (χ3v) is 5.38. The van der Waals surface area contributed by atoms with Crippen LogP contribution in [0.2, 0.25) is 0 Å². The summed E-state index contributed by atoms with van der Waals surface area (Å²) in [5, 5.41) is 3.53. The lowest BCUT2D eigenvalue weighted by Crippen LogP contribution is -2.19. The summed E-state index contributed by atoms with van der Waals surface area (Å²) in [5.41, 5.74) is 2.29. The Kier molecular flexibility index (Phi) is 5.90. The average Bonchev–Trinajstić information content (AvgIpc) is 2.76. The van der Waals surface area contributed by atoms with Crippen molar-refractivity contribution in [1.82, 2.24) is 15.0 Å². The zero-order chi connectivity index (χ0) is 19.2. The Balaban J connectivity index is 1.60. The van der Waals surface area contributed by atoms with E-state index in [9.17, 15) is 4.39 Å². The molecule has 1 saturated carbocycles. The number of hydrogen-bond donors (Lipinski definition) is 1. The lowest BCUT2D eigenvalue weighted by Gasteiger charge is -2.22. The summed E-state index contributed by atoms with van der Waals surface area (Å²) >= 11 is 0. The van der Waals surface area contributed by atoms with E-state index in [1.807, 2.05) is 30.3 Å². The van der Waals surface area contributed by atoms with Gasteiger partial charge >= 0.3 is 0 Å². The van der Waals surface area contributed by atoms with Crippen LogP contribution in [0.1, 0.15) is 43.2 Å². The van der Waals surface area contributed by atoms with Crippen molar-refractivity contribution >= 4 is 5.82 Å². The van der Waals surface area contributed by atoms with Gasteiger partial charge in [-0.15, -0.1) is 0 Å². The highest BCUT2D eigenvalue weighted by Gasteiger charge is 2.16. The summed E-state index contributed by atoms with van der Waals surface area (Å²) in [6.45, 7) is 0.892. The number of anilines is 1. The molecule has 0 bridgehead atoms. The number of halogens is 1. The van der Waals surface area contributed by atoms with Crippen LogP contribution in [0.4, 0.5) is 10.2 Å². The number of benzene rings is 1. The number of nitrogens with one attached hydrogen (secondary N) is 1. The summed E-state index contributed by atoms with van der Waals surface area (Å²) in [5.74, 6) is 1.84. The normalized spacial score (nSPS) is 14.8. The van der Waals surface area contributed by atoms with Gasteiger partial charge in [-0.2, -0.15) is 0 Å². The van der Waals surface area contributed by atoms with E-state index in [4.69, 9.17) is 4.98 Å². The zero-order valence-electron chi connectivity index (χ0n) is 15.9. The minimum Gasteiger partial charge on any atom is -0.369 e. The lowest BCUT2D eigenvalue weighted by atomic mass is 9.89. The van der Waals surface area contributed by atoms with Gasteiger partial charge in [-0.25, -0.2) is 14.4 Å². The first kappa shape index (κ1) is 18.5. The molecule has 28 heavy (non-hydrogen) atoms. The second kappa shape index (κ2) is 8.91. The second-order valence-electron chi connectivity index (χ2n) is 7.44.